The molecule has 1 heterocycles. The van der Waals surface area contributed by atoms with E-state index in [0.29, 0.717) is 12.1 Å². The minimum Gasteiger partial charge on any atom is -0.362 e. The van der Waals surface area contributed by atoms with Gasteiger partial charge in [-0.2, -0.15) is 4.98 Å². The van der Waals surface area contributed by atoms with Crippen LogP contribution in [0.4, 0.5) is 28.8 Å². The van der Waals surface area contributed by atoms with Gasteiger partial charge in [0.1, 0.15) is 5.82 Å². The maximum atomic E-state index is 4.83. The highest BCUT2D eigenvalue weighted by Crippen LogP contribution is 2.34. The lowest BCUT2D eigenvalue weighted by atomic mass is 9.91. The second-order valence-corrected chi connectivity index (χ2v) is 11.0. The molecule has 208 valence electrons. The fourth-order valence-electron chi connectivity index (χ4n) is 5.72. The van der Waals surface area contributed by atoms with Crippen LogP contribution in [0.3, 0.4) is 0 Å². The summed E-state index contributed by atoms with van der Waals surface area (Å²) >= 11 is 0. The van der Waals surface area contributed by atoms with Gasteiger partial charge in [0.25, 0.3) is 0 Å². The monoisotopic (exact) mass is 542 g/mol. The third-order valence-electron chi connectivity index (χ3n) is 7.89. The van der Waals surface area contributed by atoms with Crippen LogP contribution in [0.15, 0.2) is 109 Å². The molecule has 0 amide bonds. The Labute approximate surface area is 243 Å². The number of aromatic nitrogens is 2. The average Bonchev–Trinajstić information content (AvgIpc) is 3.02. The van der Waals surface area contributed by atoms with Gasteiger partial charge >= 0.3 is 0 Å². The first-order valence-corrected chi connectivity index (χ1v) is 14.6. The molecule has 0 unspecified atom stereocenters. The summed E-state index contributed by atoms with van der Waals surface area (Å²) in [6.45, 7) is 0.875. The first-order chi connectivity index (χ1) is 20.1. The second-order valence-electron chi connectivity index (χ2n) is 11.0. The van der Waals surface area contributed by atoms with E-state index in [1.807, 2.05) is 26.2 Å². The molecular weight excluding hydrogens is 504 g/mol. The van der Waals surface area contributed by atoms with Gasteiger partial charge in [-0.05, 0) is 79.8 Å². The number of rotatable bonds is 9. The molecule has 0 saturated heterocycles. The molecule has 1 aliphatic carbocycles. The van der Waals surface area contributed by atoms with Gasteiger partial charge in [-0.25, -0.2) is 4.98 Å². The van der Waals surface area contributed by atoms with Crippen LogP contribution < -0.4 is 20.4 Å². The van der Waals surface area contributed by atoms with E-state index in [4.69, 9.17) is 9.97 Å². The van der Waals surface area contributed by atoms with Crippen LogP contribution in [0.25, 0.3) is 10.9 Å². The number of para-hydroxylation sites is 3. The summed E-state index contributed by atoms with van der Waals surface area (Å²) in [6.07, 6.45) is 4.49. The predicted octanol–water partition coefficient (Wildman–Crippen LogP) is 7.68. The molecule has 41 heavy (non-hydrogen) atoms. The molecule has 0 bridgehead atoms. The zero-order chi connectivity index (χ0) is 28.0. The van der Waals surface area contributed by atoms with Crippen molar-refractivity contribution in [3.63, 3.8) is 0 Å². The van der Waals surface area contributed by atoms with Crippen molar-refractivity contribution in [2.45, 2.75) is 44.3 Å². The molecule has 6 nitrogen and oxygen atoms in total. The Morgan fingerprint density at radius 2 is 1.20 bits per heavy atom. The summed E-state index contributed by atoms with van der Waals surface area (Å²) < 4.78 is 0. The van der Waals surface area contributed by atoms with Gasteiger partial charge in [0, 0.05) is 55.2 Å². The Morgan fingerprint density at radius 3 is 1.83 bits per heavy atom. The number of hydrogen-bond acceptors (Lipinski definition) is 6. The molecule has 4 aromatic carbocycles. The van der Waals surface area contributed by atoms with Gasteiger partial charge in [0.2, 0.25) is 5.95 Å². The van der Waals surface area contributed by atoms with E-state index in [0.717, 1.165) is 72.0 Å². The van der Waals surface area contributed by atoms with Crippen LogP contribution in [0.2, 0.25) is 0 Å². The second kappa shape index (κ2) is 12.4. The van der Waals surface area contributed by atoms with Crippen LogP contribution in [-0.4, -0.2) is 36.1 Å². The Morgan fingerprint density at radius 1 is 0.634 bits per heavy atom. The van der Waals surface area contributed by atoms with Crippen molar-refractivity contribution in [1.29, 1.82) is 0 Å². The molecule has 1 aliphatic rings. The topological polar surface area (TPSA) is 56.3 Å². The van der Waals surface area contributed by atoms with E-state index in [-0.39, 0.29) is 0 Å². The Kier molecular flexibility index (Phi) is 8.10. The highest BCUT2D eigenvalue weighted by atomic mass is 15.2. The first-order valence-electron chi connectivity index (χ1n) is 14.6. The minimum atomic E-state index is 0.394. The SMILES string of the molecule is CN(C)c1nc(NC2CCC(NCc3ccc(N(c4ccccc4)c4ccccc4)cc3)CC2)nc2ccccc12. The third kappa shape index (κ3) is 6.34. The number of benzene rings is 4. The average molecular weight is 543 g/mol. The highest BCUT2D eigenvalue weighted by Gasteiger charge is 2.22. The number of fused-ring (bicyclic) bond motifs is 1. The Bertz CT molecular complexity index is 1510. The van der Waals surface area contributed by atoms with Crippen molar-refractivity contribution in [1.82, 2.24) is 15.3 Å². The lowest BCUT2D eigenvalue weighted by molar-refractivity contribution is 0.352. The van der Waals surface area contributed by atoms with Crippen LogP contribution in [0.1, 0.15) is 31.2 Å². The van der Waals surface area contributed by atoms with Gasteiger partial charge in [-0.3, -0.25) is 0 Å². The maximum absolute atomic E-state index is 4.83. The van der Waals surface area contributed by atoms with Crippen molar-refractivity contribution in [2.24, 2.45) is 0 Å². The predicted molar refractivity (Wildman–Crippen MR) is 171 cm³/mol. The molecule has 6 rings (SSSR count). The molecule has 2 N–H and O–H groups in total. The van der Waals surface area contributed by atoms with Crippen LogP contribution >= 0.6 is 0 Å². The van der Waals surface area contributed by atoms with Crippen molar-refractivity contribution < 1.29 is 0 Å². The third-order valence-corrected chi connectivity index (χ3v) is 7.89. The highest BCUT2D eigenvalue weighted by molar-refractivity contribution is 5.90. The molecule has 5 aromatic rings. The van der Waals surface area contributed by atoms with Gasteiger partial charge < -0.3 is 20.4 Å². The minimum absolute atomic E-state index is 0.394. The fraction of sp³-hybridized carbons (Fsp3) is 0.257. The molecule has 1 aromatic heterocycles. The van der Waals surface area contributed by atoms with Crippen LogP contribution in [-0.2, 0) is 6.54 Å². The summed E-state index contributed by atoms with van der Waals surface area (Å²) in [6, 6.07) is 39.2. The van der Waals surface area contributed by atoms with Gasteiger partial charge in [0.15, 0.2) is 0 Å². The van der Waals surface area contributed by atoms with E-state index < -0.39 is 0 Å². The van der Waals surface area contributed by atoms with Gasteiger partial charge in [-0.15, -0.1) is 0 Å². The van der Waals surface area contributed by atoms with Crippen molar-refractivity contribution in [3.8, 4) is 0 Å². The molecule has 1 fully saturated rings. The first kappa shape index (κ1) is 26.8. The van der Waals surface area contributed by atoms with Gasteiger partial charge in [0.05, 0.1) is 5.52 Å². The number of nitrogens with zero attached hydrogens (tertiary/aromatic N) is 4. The molecule has 0 radical (unpaired) electrons. The number of anilines is 5. The largest absolute Gasteiger partial charge is 0.362 e. The molecule has 6 heteroatoms. The quantitative estimate of drug-likeness (QED) is 0.199. The number of nitrogens with one attached hydrogen (secondary N) is 2. The Hall–Kier alpha value is -4.42. The maximum Gasteiger partial charge on any atom is 0.225 e. The van der Waals surface area contributed by atoms with Crippen molar-refractivity contribution in [3.05, 3.63) is 115 Å². The van der Waals surface area contributed by atoms with Crippen molar-refractivity contribution in [2.75, 3.05) is 29.2 Å². The van der Waals surface area contributed by atoms with Crippen LogP contribution in [0.5, 0.6) is 0 Å². The summed E-state index contributed by atoms with van der Waals surface area (Å²) in [4.78, 5) is 14.0. The molecular formula is C35H38N6. The zero-order valence-corrected chi connectivity index (χ0v) is 23.9. The smallest absolute Gasteiger partial charge is 0.225 e. The van der Waals surface area contributed by atoms with Crippen molar-refractivity contribution >= 4 is 39.7 Å². The standard InChI is InChI=1S/C35H38N6/c1-40(2)34-32-15-9-10-16-33(32)38-35(39-34)37-28-21-19-27(20-22-28)36-25-26-17-23-31(24-18-26)41(29-11-5-3-6-12-29)30-13-7-4-8-14-30/h3-18,23-24,27-28,36H,19-22,25H2,1-2H3,(H,37,38,39). The Balaban J connectivity index is 1.05. The lowest BCUT2D eigenvalue weighted by Gasteiger charge is -2.30. The normalized spacial score (nSPS) is 16.8. The van der Waals surface area contributed by atoms with E-state index in [1.165, 1.54) is 5.56 Å². The van der Waals surface area contributed by atoms with E-state index in [1.54, 1.807) is 0 Å². The number of hydrogen-bond donors (Lipinski definition) is 2. The summed E-state index contributed by atoms with van der Waals surface area (Å²) in [5, 5.41) is 8.51. The zero-order valence-electron chi connectivity index (χ0n) is 23.9. The molecule has 0 spiro atoms. The van der Waals surface area contributed by atoms with E-state index >= 15 is 0 Å². The summed E-state index contributed by atoms with van der Waals surface area (Å²) in [7, 11) is 4.07. The van der Waals surface area contributed by atoms with Crippen LogP contribution in [0, 0.1) is 0 Å². The summed E-state index contributed by atoms with van der Waals surface area (Å²) in [5.41, 5.74) is 5.75. The molecule has 0 atom stereocenters. The molecule has 0 aliphatic heterocycles. The molecule has 1 saturated carbocycles. The van der Waals surface area contributed by atoms with Gasteiger partial charge in [-0.1, -0.05) is 60.7 Å². The lowest BCUT2D eigenvalue weighted by Crippen LogP contribution is -2.37. The van der Waals surface area contributed by atoms with E-state index in [9.17, 15) is 0 Å². The summed E-state index contributed by atoms with van der Waals surface area (Å²) in [5.74, 6) is 1.68. The van der Waals surface area contributed by atoms with E-state index in [2.05, 4.69) is 117 Å². The fourth-order valence-corrected chi connectivity index (χ4v) is 5.72.